The van der Waals surface area contributed by atoms with Gasteiger partial charge in [0.05, 0.1) is 18.6 Å². The molecule has 6 nitrogen and oxygen atoms in total. The summed E-state index contributed by atoms with van der Waals surface area (Å²) in [6, 6.07) is 9.60. The summed E-state index contributed by atoms with van der Waals surface area (Å²) in [6.07, 6.45) is 14.8. The molecular weight excluding hydrogens is 504 g/mol. The van der Waals surface area contributed by atoms with Gasteiger partial charge in [-0.15, -0.1) is 0 Å². The number of carbonyl (C=O) groups is 2. The number of benzene rings is 1. The van der Waals surface area contributed by atoms with Crippen molar-refractivity contribution >= 4 is 11.9 Å². The molecular formula is C34H44O6. The molecule has 1 aliphatic carbocycles. The van der Waals surface area contributed by atoms with Gasteiger partial charge in [0.25, 0.3) is 0 Å². The topological polar surface area (TPSA) is 71.1 Å². The Morgan fingerprint density at radius 2 is 1.65 bits per heavy atom. The lowest BCUT2D eigenvalue weighted by molar-refractivity contribution is -0.251. The fraction of sp³-hybridized carbons (Fsp3) is 0.471. The third-order valence-corrected chi connectivity index (χ3v) is 7.37. The van der Waals surface area contributed by atoms with Gasteiger partial charge in [0, 0.05) is 18.6 Å². The van der Waals surface area contributed by atoms with E-state index in [0.717, 1.165) is 16.7 Å². The second kappa shape index (κ2) is 14.4. The first-order chi connectivity index (χ1) is 19.0. The van der Waals surface area contributed by atoms with Gasteiger partial charge in [0.15, 0.2) is 6.29 Å². The van der Waals surface area contributed by atoms with E-state index in [9.17, 15) is 9.59 Å². The highest BCUT2D eigenvalue weighted by Gasteiger charge is 2.40. The Morgan fingerprint density at radius 3 is 2.30 bits per heavy atom. The quantitative estimate of drug-likeness (QED) is 0.173. The Bertz CT molecular complexity index is 1170. The van der Waals surface area contributed by atoms with Crippen LogP contribution in [0.25, 0.3) is 0 Å². The monoisotopic (exact) mass is 548 g/mol. The number of hydrogen-bond donors (Lipinski definition) is 0. The fourth-order valence-electron chi connectivity index (χ4n) is 4.99. The van der Waals surface area contributed by atoms with E-state index in [1.165, 1.54) is 43.4 Å². The first-order valence-corrected chi connectivity index (χ1v) is 14.0. The average Bonchev–Trinajstić information content (AvgIpc) is 2.91. The zero-order chi connectivity index (χ0) is 29.2. The Morgan fingerprint density at radius 1 is 0.975 bits per heavy atom. The smallest absolute Gasteiger partial charge is 0.331 e. The highest BCUT2D eigenvalue weighted by Crippen LogP contribution is 2.40. The second-order valence-corrected chi connectivity index (χ2v) is 11.7. The van der Waals surface area contributed by atoms with Crippen LogP contribution in [0.2, 0.25) is 0 Å². The minimum atomic E-state index is -0.781. The van der Waals surface area contributed by atoms with E-state index >= 15 is 0 Å². The van der Waals surface area contributed by atoms with E-state index in [-0.39, 0.29) is 31.8 Å². The minimum absolute atomic E-state index is 0.00351. The maximum Gasteiger partial charge on any atom is 0.331 e. The number of esters is 2. The van der Waals surface area contributed by atoms with Gasteiger partial charge >= 0.3 is 11.9 Å². The van der Waals surface area contributed by atoms with E-state index in [1.54, 1.807) is 0 Å². The molecule has 1 aromatic carbocycles. The number of ether oxygens (including phenoxy) is 4. The number of carbonyl (C=O) groups excluding carboxylic acids is 2. The van der Waals surface area contributed by atoms with Crippen molar-refractivity contribution in [3.8, 4) is 0 Å². The predicted octanol–water partition coefficient (Wildman–Crippen LogP) is 7.36. The Labute approximate surface area is 239 Å². The molecule has 0 aromatic heterocycles. The van der Waals surface area contributed by atoms with Gasteiger partial charge < -0.3 is 18.9 Å². The molecule has 0 saturated carbocycles. The van der Waals surface area contributed by atoms with Crippen LogP contribution in [0.5, 0.6) is 0 Å². The van der Waals surface area contributed by atoms with Gasteiger partial charge in [-0.2, -0.15) is 0 Å². The third-order valence-electron chi connectivity index (χ3n) is 7.37. The van der Waals surface area contributed by atoms with Crippen molar-refractivity contribution in [2.45, 2.75) is 67.1 Å². The molecule has 1 fully saturated rings. The van der Waals surface area contributed by atoms with Crippen molar-refractivity contribution in [1.82, 2.24) is 0 Å². The molecule has 2 aliphatic rings. The normalized spacial score (nSPS) is 24.0. The molecule has 6 heteroatoms. The fourth-order valence-corrected chi connectivity index (χ4v) is 4.99. The second-order valence-electron chi connectivity index (χ2n) is 11.7. The van der Waals surface area contributed by atoms with Gasteiger partial charge in [-0.05, 0) is 56.6 Å². The van der Waals surface area contributed by atoms with Crippen LogP contribution in [-0.2, 0) is 28.5 Å². The van der Waals surface area contributed by atoms with Crippen LogP contribution in [0.15, 0.2) is 89.1 Å². The minimum Gasteiger partial charge on any atom is -0.465 e. The Hall–Kier alpha value is -3.22. The van der Waals surface area contributed by atoms with E-state index < -0.39 is 23.6 Å². The summed E-state index contributed by atoms with van der Waals surface area (Å²) in [6.45, 7) is 12.6. The number of hydrogen-bond acceptors (Lipinski definition) is 6. The standard InChI is InChI=1S/C34H44O6/c1-25(17-18-30-27(3)14-11-19-33(30,5)6)12-10-13-26(2)20-31(36)38-22-34(21-37-28(4)35)23-39-32(40-24-34)29-15-8-7-9-16-29/h7-10,12-13,15-18,20,32H,11,14,19,21-24H2,1-6H3/b13-10?,18-17?,25-12?,26-20+/t32-,34-. The van der Waals surface area contributed by atoms with Crippen molar-refractivity contribution < 1.29 is 28.5 Å². The zero-order valence-corrected chi connectivity index (χ0v) is 24.8. The van der Waals surface area contributed by atoms with Crippen LogP contribution in [-0.4, -0.2) is 38.4 Å². The van der Waals surface area contributed by atoms with Gasteiger partial charge in [-0.3, -0.25) is 4.79 Å². The maximum absolute atomic E-state index is 12.6. The van der Waals surface area contributed by atoms with Gasteiger partial charge in [-0.25, -0.2) is 4.79 Å². The SMILES string of the molecule is CC(=O)OC[C@]1(COC(=O)/C=C(\C)C=CC=C(C)C=CC2=C(C)CCCC2(C)C)CO[C@H](c2ccccc2)OC1. The van der Waals surface area contributed by atoms with Gasteiger partial charge in [0.2, 0.25) is 0 Å². The van der Waals surface area contributed by atoms with E-state index in [2.05, 4.69) is 39.8 Å². The van der Waals surface area contributed by atoms with Crippen molar-refractivity contribution in [2.75, 3.05) is 26.4 Å². The largest absolute Gasteiger partial charge is 0.465 e. The van der Waals surface area contributed by atoms with Crippen molar-refractivity contribution in [3.05, 3.63) is 94.6 Å². The number of rotatable bonds is 10. The lowest BCUT2D eigenvalue weighted by Gasteiger charge is -2.38. The first-order valence-electron chi connectivity index (χ1n) is 14.0. The lowest BCUT2D eigenvalue weighted by atomic mass is 9.72. The Kier molecular flexibility index (Phi) is 11.3. The molecule has 0 atom stereocenters. The van der Waals surface area contributed by atoms with E-state index in [0.29, 0.717) is 0 Å². The van der Waals surface area contributed by atoms with Crippen molar-refractivity contribution in [1.29, 1.82) is 0 Å². The van der Waals surface area contributed by atoms with Crippen molar-refractivity contribution in [2.24, 2.45) is 10.8 Å². The molecule has 0 bridgehead atoms. The van der Waals surface area contributed by atoms with E-state index in [1.807, 2.05) is 55.5 Å². The molecule has 216 valence electrons. The molecule has 1 saturated heterocycles. The molecule has 1 aromatic rings. The lowest BCUT2D eigenvalue weighted by Crippen LogP contribution is -2.46. The predicted molar refractivity (Wildman–Crippen MR) is 157 cm³/mol. The highest BCUT2D eigenvalue weighted by molar-refractivity contribution is 5.83. The van der Waals surface area contributed by atoms with Crippen LogP contribution in [0, 0.1) is 10.8 Å². The molecule has 40 heavy (non-hydrogen) atoms. The zero-order valence-electron chi connectivity index (χ0n) is 24.8. The van der Waals surface area contributed by atoms with E-state index in [4.69, 9.17) is 18.9 Å². The summed E-state index contributed by atoms with van der Waals surface area (Å²) >= 11 is 0. The molecule has 1 heterocycles. The molecule has 0 spiro atoms. The molecule has 0 unspecified atom stereocenters. The summed E-state index contributed by atoms with van der Waals surface area (Å²) < 4.78 is 22.7. The van der Waals surface area contributed by atoms with Crippen LogP contribution >= 0.6 is 0 Å². The summed E-state index contributed by atoms with van der Waals surface area (Å²) in [5.41, 5.74) is 5.14. The molecule has 0 amide bonds. The molecule has 0 N–H and O–H groups in total. The van der Waals surface area contributed by atoms with Crippen LogP contribution < -0.4 is 0 Å². The average molecular weight is 549 g/mol. The first kappa shape index (κ1) is 31.3. The Balaban J connectivity index is 1.55. The third kappa shape index (κ3) is 9.46. The van der Waals surface area contributed by atoms with Crippen molar-refractivity contribution in [3.63, 3.8) is 0 Å². The van der Waals surface area contributed by atoms with Crippen LogP contribution in [0.3, 0.4) is 0 Å². The van der Waals surface area contributed by atoms with Crippen LogP contribution in [0.4, 0.5) is 0 Å². The maximum atomic E-state index is 12.6. The summed E-state index contributed by atoms with van der Waals surface area (Å²) in [5.74, 6) is -0.888. The summed E-state index contributed by atoms with van der Waals surface area (Å²) in [4.78, 5) is 24.0. The van der Waals surface area contributed by atoms with Crippen LogP contribution in [0.1, 0.15) is 72.7 Å². The molecule has 3 rings (SSSR count). The highest BCUT2D eigenvalue weighted by atomic mass is 16.7. The summed E-state index contributed by atoms with van der Waals surface area (Å²) in [7, 11) is 0. The summed E-state index contributed by atoms with van der Waals surface area (Å²) in [5, 5.41) is 0. The molecule has 0 radical (unpaired) electrons. The van der Waals surface area contributed by atoms with Gasteiger partial charge in [-0.1, -0.05) is 85.7 Å². The number of allylic oxidation sites excluding steroid dienone is 9. The molecule has 1 aliphatic heterocycles. The van der Waals surface area contributed by atoms with Gasteiger partial charge in [0.1, 0.15) is 13.2 Å².